The summed E-state index contributed by atoms with van der Waals surface area (Å²) in [6.45, 7) is 6.63. The fraction of sp³-hybridized carbons (Fsp3) is 0.786. The van der Waals surface area contributed by atoms with Crippen molar-refractivity contribution in [1.29, 1.82) is 0 Å². The first kappa shape index (κ1) is 13.5. The van der Waals surface area contributed by atoms with E-state index >= 15 is 0 Å². The molecule has 0 aromatic carbocycles. The van der Waals surface area contributed by atoms with Crippen molar-refractivity contribution in [2.24, 2.45) is 5.73 Å². The maximum Gasteiger partial charge on any atom is 0.106 e. The highest BCUT2D eigenvalue weighted by Crippen LogP contribution is 2.22. The van der Waals surface area contributed by atoms with Gasteiger partial charge in [0.1, 0.15) is 5.01 Å². The Bertz CT molecular complexity index is 400. The third kappa shape index (κ3) is 3.34. The summed E-state index contributed by atoms with van der Waals surface area (Å²) >= 11 is 1.69. The SMILES string of the molecule is NCc1nc(CN2CCC(N3CCCCC3)C2)cs1. The molecule has 4 nitrogen and oxygen atoms in total. The van der Waals surface area contributed by atoms with E-state index < -0.39 is 0 Å². The average Bonchev–Trinajstić information content (AvgIpc) is 3.09. The quantitative estimate of drug-likeness (QED) is 0.911. The van der Waals surface area contributed by atoms with Gasteiger partial charge in [-0.15, -0.1) is 11.3 Å². The maximum atomic E-state index is 5.62. The lowest BCUT2D eigenvalue weighted by Crippen LogP contribution is -2.40. The van der Waals surface area contributed by atoms with Crippen molar-refractivity contribution in [2.75, 3.05) is 26.2 Å². The molecule has 2 saturated heterocycles. The van der Waals surface area contributed by atoms with Crippen LogP contribution in [0.1, 0.15) is 36.4 Å². The second kappa shape index (κ2) is 6.31. The molecule has 1 unspecified atom stereocenters. The normalized spacial score (nSPS) is 26.1. The number of likely N-dealkylation sites (tertiary alicyclic amines) is 2. The highest BCUT2D eigenvalue weighted by Gasteiger charge is 2.28. The monoisotopic (exact) mass is 280 g/mol. The second-order valence-electron chi connectivity index (χ2n) is 5.71. The predicted octanol–water partition coefficient (Wildman–Crippen LogP) is 1.66. The molecule has 0 amide bonds. The zero-order valence-corrected chi connectivity index (χ0v) is 12.4. The molecule has 2 N–H and O–H groups in total. The van der Waals surface area contributed by atoms with Crippen LogP contribution in [-0.2, 0) is 13.1 Å². The van der Waals surface area contributed by atoms with Crippen molar-refractivity contribution in [3.8, 4) is 0 Å². The summed E-state index contributed by atoms with van der Waals surface area (Å²) in [7, 11) is 0. The van der Waals surface area contributed by atoms with E-state index in [1.54, 1.807) is 11.3 Å². The Morgan fingerprint density at radius 1 is 1.26 bits per heavy atom. The molecular formula is C14H24N4S. The largest absolute Gasteiger partial charge is 0.325 e. The number of hydrogen-bond acceptors (Lipinski definition) is 5. The Morgan fingerprint density at radius 3 is 2.84 bits per heavy atom. The summed E-state index contributed by atoms with van der Waals surface area (Å²) in [5.41, 5.74) is 6.82. The Morgan fingerprint density at radius 2 is 2.11 bits per heavy atom. The highest BCUT2D eigenvalue weighted by atomic mass is 32.1. The molecule has 2 aliphatic rings. The Hall–Kier alpha value is -0.490. The van der Waals surface area contributed by atoms with Gasteiger partial charge < -0.3 is 5.73 Å². The topological polar surface area (TPSA) is 45.4 Å². The van der Waals surface area contributed by atoms with E-state index in [1.807, 2.05) is 0 Å². The molecule has 1 atom stereocenters. The fourth-order valence-electron chi connectivity index (χ4n) is 3.28. The number of nitrogens with two attached hydrogens (primary N) is 1. The summed E-state index contributed by atoms with van der Waals surface area (Å²) in [6.07, 6.45) is 5.53. The van der Waals surface area contributed by atoms with Gasteiger partial charge in [0.2, 0.25) is 0 Å². The van der Waals surface area contributed by atoms with Gasteiger partial charge in [0, 0.05) is 37.6 Å². The minimum atomic E-state index is 0.571. The highest BCUT2D eigenvalue weighted by molar-refractivity contribution is 7.09. The summed E-state index contributed by atoms with van der Waals surface area (Å²) in [6, 6.07) is 0.785. The second-order valence-corrected chi connectivity index (χ2v) is 6.65. The maximum absolute atomic E-state index is 5.62. The number of nitrogens with zero attached hydrogens (tertiary/aromatic N) is 3. The molecule has 1 aromatic rings. The zero-order chi connectivity index (χ0) is 13.1. The molecule has 0 aliphatic carbocycles. The van der Waals surface area contributed by atoms with E-state index in [2.05, 4.69) is 20.2 Å². The number of piperidine rings is 1. The van der Waals surface area contributed by atoms with Crippen LogP contribution < -0.4 is 5.73 Å². The van der Waals surface area contributed by atoms with Crippen molar-refractivity contribution >= 4 is 11.3 Å². The van der Waals surface area contributed by atoms with Crippen molar-refractivity contribution < 1.29 is 0 Å². The minimum absolute atomic E-state index is 0.571. The lowest BCUT2D eigenvalue weighted by molar-refractivity contribution is 0.161. The lowest BCUT2D eigenvalue weighted by Gasteiger charge is -2.32. The van der Waals surface area contributed by atoms with Crippen LogP contribution in [0.3, 0.4) is 0 Å². The van der Waals surface area contributed by atoms with E-state index in [4.69, 9.17) is 5.73 Å². The smallest absolute Gasteiger partial charge is 0.106 e. The molecule has 0 radical (unpaired) electrons. The Kier molecular flexibility index (Phi) is 4.48. The first-order chi connectivity index (χ1) is 9.35. The molecule has 106 valence electrons. The van der Waals surface area contributed by atoms with Gasteiger partial charge in [-0.05, 0) is 32.4 Å². The van der Waals surface area contributed by atoms with Gasteiger partial charge in [-0.3, -0.25) is 9.80 Å². The van der Waals surface area contributed by atoms with E-state index in [9.17, 15) is 0 Å². The molecular weight excluding hydrogens is 256 g/mol. The van der Waals surface area contributed by atoms with Gasteiger partial charge in [-0.25, -0.2) is 4.98 Å². The minimum Gasteiger partial charge on any atom is -0.325 e. The molecule has 5 heteroatoms. The van der Waals surface area contributed by atoms with Gasteiger partial charge >= 0.3 is 0 Å². The molecule has 2 aliphatic heterocycles. The van der Waals surface area contributed by atoms with Crippen LogP contribution in [0.5, 0.6) is 0 Å². The number of thiazole rings is 1. The molecule has 3 rings (SSSR count). The summed E-state index contributed by atoms with van der Waals surface area (Å²) < 4.78 is 0. The number of rotatable bonds is 4. The molecule has 3 heterocycles. The third-order valence-electron chi connectivity index (χ3n) is 4.31. The van der Waals surface area contributed by atoms with Crippen LogP contribution in [0.25, 0.3) is 0 Å². The van der Waals surface area contributed by atoms with E-state index in [0.717, 1.165) is 17.6 Å². The van der Waals surface area contributed by atoms with Crippen LogP contribution in [0.4, 0.5) is 0 Å². The van der Waals surface area contributed by atoms with Crippen molar-refractivity contribution in [3.63, 3.8) is 0 Å². The molecule has 1 aromatic heterocycles. The summed E-state index contributed by atoms with van der Waals surface area (Å²) in [5.74, 6) is 0. The molecule has 0 spiro atoms. The molecule has 0 saturated carbocycles. The van der Waals surface area contributed by atoms with Crippen LogP contribution in [-0.4, -0.2) is 47.0 Å². The van der Waals surface area contributed by atoms with Crippen molar-refractivity contribution in [3.05, 3.63) is 16.1 Å². The van der Waals surface area contributed by atoms with Crippen LogP contribution in [0.2, 0.25) is 0 Å². The van der Waals surface area contributed by atoms with Gasteiger partial charge in [0.25, 0.3) is 0 Å². The fourth-order valence-corrected chi connectivity index (χ4v) is 3.95. The number of aromatic nitrogens is 1. The van der Waals surface area contributed by atoms with Crippen molar-refractivity contribution in [2.45, 2.75) is 44.8 Å². The molecule has 19 heavy (non-hydrogen) atoms. The standard InChI is InChI=1S/C14H24N4S/c15-8-14-16-12(11-19-14)9-17-7-4-13(10-17)18-5-2-1-3-6-18/h11,13H,1-10,15H2. The summed E-state index contributed by atoms with van der Waals surface area (Å²) in [5, 5.41) is 3.22. The Balaban J connectivity index is 1.51. The summed E-state index contributed by atoms with van der Waals surface area (Å²) in [4.78, 5) is 9.82. The first-order valence-electron chi connectivity index (χ1n) is 7.45. The van der Waals surface area contributed by atoms with E-state index in [0.29, 0.717) is 6.54 Å². The zero-order valence-electron chi connectivity index (χ0n) is 11.6. The van der Waals surface area contributed by atoms with Gasteiger partial charge in [-0.1, -0.05) is 6.42 Å². The van der Waals surface area contributed by atoms with Gasteiger partial charge in [0.05, 0.1) is 5.69 Å². The van der Waals surface area contributed by atoms with Crippen LogP contribution in [0.15, 0.2) is 5.38 Å². The van der Waals surface area contributed by atoms with Gasteiger partial charge in [-0.2, -0.15) is 0 Å². The van der Waals surface area contributed by atoms with E-state index in [-0.39, 0.29) is 0 Å². The van der Waals surface area contributed by atoms with E-state index in [1.165, 1.54) is 57.6 Å². The average molecular weight is 280 g/mol. The van der Waals surface area contributed by atoms with Crippen LogP contribution >= 0.6 is 11.3 Å². The van der Waals surface area contributed by atoms with Gasteiger partial charge in [0.15, 0.2) is 0 Å². The third-order valence-corrected chi connectivity index (χ3v) is 5.23. The van der Waals surface area contributed by atoms with Crippen molar-refractivity contribution in [1.82, 2.24) is 14.8 Å². The molecule has 0 bridgehead atoms. The first-order valence-corrected chi connectivity index (χ1v) is 8.33. The lowest BCUT2D eigenvalue weighted by atomic mass is 10.1. The molecule has 2 fully saturated rings. The Labute approximate surface area is 119 Å². The predicted molar refractivity (Wildman–Crippen MR) is 79.1 cm³/mol. The number of hydrogen-bond donors (Lipinski definition) is 1. The van der Waals surface area contributed by atoms with Crippen LogP contribution in [0, 0.1) is 0 Å².